The van der Waals surface area contributed by atoms with Crippen LogP contribution in [0, 0.1) is 6.92 Å². The molecule has 0 saturated carbocycles. The molecule has 1 N–H and O–H groups in total. The highest BCUT2D eigenvalue weighted by Gasteiger charge is 2.26. The minimum absolute atomic E-state index is 0.163. The lowest BCUT2D eigenvalue weighted by molar-refractivity contribution is 0.102. The number of allylic oxidation sites excluding steroid dienone is 1. The van der Waals surface area contributed by atoms with E-state index in [9.17, 15) is 4.79 Å². The van der Waals surface area contributed by atoms with Gasteiger partial charge >= 0.3 is 0 Å². The molecule has 1 aliphatic rings. The summed E-state index contributed by atoms with van der Waals surface area (Å²) >= 11 is 1.75. The van der Waals surface area contributed by atoms with Crippen LogP contribution in [-0.2, 0) is 6.42 Å². The number of ketones is 1. The van der Waals surface area contributed by atoms with Gasteiger partial charge in [0.25, 0.3) is 0 Å². The van der Waals surface area contributed by atoms with E-state index in [2.05, 4.69) is 16.0 Å². The topological polar surface area (TPSA) is 45.8 Å². The third kappa shape index (κ3) is 1.94. The normalized spacial score (nSPS) is 16.6. The Morgan fingerprint density at radius 2 is 2.14 bits per heavy atom. The van der Waals surface area contributed by atoms with Gasteiger partial charge in [0.2, 0.25) is 0 Å². The zero-order valence-electron chi connectivity index (χ0n) is 11.6. The minimum atomic E-state index is 0.163. The number of imidazole rings is 1. The molecule has 3 aromatic rings. The van der Waals surface area contributed by atoms with Crippen molar-refractivity contribution in [2.75, 3.05) is 0 Å². The van der Waals surface area contributed by atoms with E-state index in [0.29, 0.717) is 0 Å². The molecule has 0 spiro atoms. The molecule has 0 radical (unpaired) electrons. The highest BCUT2D eigenvalue weighted by Crippen LogP contribution is 2.38. The van der Waals surface area contributed by atoms with Crippen LogP contribution in [0.2, 0.25) is 0 Å². The number of nitrogens with one attached hydrogen (secondary N) is 1. The van der Waals surface area contributed by atoms with Gasteiger partial charge in [-0.3, -0.25) is 4.79 Å². The number of fused-ring (bicyclic) bond motifs is 3. The van der Waals surface area contributed by atoms with E-state index in [1.54, 1.807) is 17.7 Å². The number of aryl methyl sites for hydroxylation is 2. The van der Waals surface area contributed by atoms with Crippen LogP contribution in [-0.4, -0.2) is 15.8 Å². The molecule has 4 heteroatoms. The Labute approximate surface area is 126 Å². The van der Waals surface area contributed by atoms with E-state index in [-0.39, 0.29) is 5.78 Å². The summed E-state index contributed by atoms with van der Waals surface area (Å²) in [5.74, 6) is 0.163. The lowest BCUT2D eigenvalue weighted by Crippen LogP contribution is -2.12. The number of aromatic amines is 1. The van der Waals surface area contributed by atoms with Gasteiger partial charge in [0.05, 0.1) is 12.0 Å². The van der Waals surface area contributed by atoms with Crippen molar-refractivity contribution in [2.24, 2.45) is 0 Å². The fourth-order valence-corrected chi connectivity index (χ4v) is 4.06. The Balaban J connectivity index is 1.85. The Morgan fingerprint density at radius 1 is 1.29 bits per heavy atom. The molecule has 0 saturated heterocycles. The Hall–Kier alpha value is -2.20. The lowest BCUT2D eigenvalue weighted by Gasteiger charge is -2.13. The van der Waals surface area contributed by atoms with Crippen molar-refractivity contribution in [3.8, 4) is 0 Å². The maximum atomic E-state index is 12.8. The number of carbonyl (C=O) groups excluding carboxylic acids is 1. The predicted molar refractivity (Wildman–Crippen MR) is 85.8 cm³/mol. The molecule has 1 aliphatic carbocycles. The van der Waals surface area contributed by atoms with Gasteiger partial charge in [-0.25, -0.2) is 4.98 Å². The van der Waals surface area contributed by atoms with E-state index in [1.165, 1.54) is 9.58 Å². The zero-order valence-corrected chi connectivity index (χ0v) is 12.5. The van der Waals surface area contributed by atoms with Crippen LogP contribution in [0.4, 0.5) is 0 Å². The second kappa shape index (κ2) is 4.67. The summed E-state index contributed by atoms with van der Waals surface area (Å²) in [6.07, 6.45) is 5.34. The van der Waals surface area contributed by atoms with Crippen LogP contribution in [0.1, 0.15) is 33.0 Å². The van der Waals surface area contributed by atoms with Crippen LogP contribution >= 0.6 is 11.3 Å². The van der Waals surface area contributed by atoms with Gasteiger partial charge in [-0.05, 0) is 31.9 Å². The predicted octanol–water partition coefficient (Wildman–Crippen LogP) is 4.15. The Kier molecular flexibility index (Phi) is 2.79. The van der Waals surface area contributed by atoms with Crippen molar-refractivity contribution in [3.63, 3.8) is 0 Å². The maximum absolute atomic E-state index is 12.8. The van der Waals surface area contributed by atoms with Crippen molar-refractivity contribution in [3.05, 3.63) is 58.0 Å². The quantitative estimate of drug-likeness (QED) is 0.685. The first-order valence-electron chi connectivity index (χ1n) is 6.99. The molecule has 0 unspecified atom stereocenters. The number of nitrogens with zero attached hydrogens (tertiary/aromatic N) is 1. The first-order valence-corrected chi connectivity index (χ1v) is 7.81. The van der Waals surface area contributed by atoms with Gasteiger partial charge in [-0.2, -0.15) is 0 Å². The van der Waals surface area contributed by atoms with Crippen LogP contribution in [0.15, 0.2) is 36.2 Å². The smallest absolute Gasteiger partial charge is 0.190 e. The average molecular weight is 294 g/mol. The molecular formula is C17H14N2OS. The lowest BCUT2D eigenvalue weighted by atomic mass is 9.89. The monoisotopic (exact) mass is 294 g/mol. The number of carbonyl (C=O) groups is 1. The zero-order chi connectivity index (χ0) is 14.4. The summed E-state index contributed by atoms with van der Waals surface area (Å²) in [5, 5.41) is 1.09. The molecule has 0 atom stereocenters. The van der Waals surface area contributed by atoms with Gasteiger partial charge in [-0.15, -0.1) is 11.3 Å². The van der Waals surface area contributed by atoms with Crippen molar-refractivity contribution >= 4 is 33.3 Å². The van der Waals surface area contributed by atoms with Gasteiger partial charge < -0.3 is 4.98 Å². The minimum Gasteiger partial charge on any atom is -0.348 e. The van der Waals surface area contributed by atoms with Crippen LogP contribution in [0.25, 0.3) is 16.2 Å². The number of aromatic nitrogens is 2. The third-order valence-corrected chi connectivity index (χ3v) is 5.22. The van der Waals surface area contributed by atoms with Crippen molar-refractivity contribution in [1.82, 2.24) is 9.97 Å². The second-order valence-electron chi connectivity index (χ2n) is 5.31. The third-order valence-electron chi connectivity index (χ3n) is 3.99. The average Bonchev–Trinajstić information content (AvgIpc) is 3.06. The summed E-state index contributed by atoms with van der Waals surface area (Å²) in [6.45, 7) is 1.97. The first-order chi connectivity index (χ1) is 10.2. The van der Waals surface area contributed by atoms with Crippen molar-refractivity contribution in [1.29, 1.82) is 0 Å². The second-order valence-corrected chi connectivity index (χ2v) is 6.44. The fraction of sp³-hybridized carbons (Fsp3) is 0.176. The highest BCUT2D eigenvalue weighted by molar-refractivity contribution is 7.19. The molecule has 2 heterocycles. The molecular weight excluding hydrogens is 280 g/mol. The van der Waals surface area contributed by atoms with Gasteiger partial charge in [0, 0.05) is 31.8 Å². The van der Waals surface area contributed by atoms with Gasteiger partial charge in [0.15, 0.2) is 5.78 Å². The molecule has 21 heavy (non-hydrogen) atoms. The maximum Gasteiger partial charge on any atom is 0.190 e. The fourth-order valence-electron chi connectivity index (χ4n) is 2.86. The Bertz CT molecular complexity index is 885. The summed E-state index contributed by atoms with van der Waals surface area (Å²) in [5.41, 5.74) is 3.63. The van der Waals surface area contributed by atoms with Gasteiger partial charge in [-0.1, -0.05) is 18.2 Å². The molecule has 2 aromatic heterocycles. The van der Waals surface area contributed by atoms with Crippen LogP contribution in [0.5, 0.6) is 0 Å². The molecule has 1 aromatic carbocycles. The number of hydrogen-bond donors (Lipinski definition) is 1. The van der Waals surface area contributed by atoms with Crippen molar-refractivity contribution in [2.45, 2.75) is 19.8 Å². The molecule has 0 amide bonds. The van der Waals surface area contributed by atoms with Crippen molar-refractivity contribution < 1.29 is 4.79 Å². The first kappa shape index (κ1) is 12.5. The number of benzene rings is 1. The van der Waals surface area contributed by atoms with E-state index < -0.39 is 0 Å². The highest BCUT2D eigenvalue weighted by atomic mass is 32.1. The number of Topliss-reactive ketones (excluding diaryl/α,β-unsaturated/α-hetero) is 1. The number of thiophene rings is 1. The SMILES string of the molecule is Cc1[nH]cnc1/C=C1\CCc2sc3ccccc3c2C1=O. The molecule has 4 rings (SSSR count). The van der Waals surface area contributed by atoms with Crippen LogP contribution in [0.3, 0.4) is 0 Å². The number of H-pyrrole nitrogens is 1. The number of rotatable bonds is 1. The molecule has 0 aliphatic heterocycles. The summed E-state index contributed by atoms with van der Waals surface area (Å²) in [4.78, 5) is 21.4. The van der Waals surface area contributed by atoms with E-state index >= 15 is 0 Å². The molecule has 0 bridgehead atoms. The Morgan fingerprint density at radius 3 is 2.95 bits per heavy atom. The summed E-state index contributed by atoms with van der Waals surface area (Å²) < 4.78 is 1.20. The van der Waals surface area contributed by atoms with Gasteiger partial charge in [0.1, 0.15) is 0 Å². The number of hydrogen-bond acceptors (Lipinski definition) is 3. The molecule has 104 valence electrons. The largest absolute Gasteiger partial charge is 0.348 e. The van der Waals surface area contributed by atoms with E-state index in [1.807, 2.05) is 31.2 Å². The summed E-state index contributed by atoms with van der Waals surface area (Å²) in [6, 6.07) is 8.16. The van der Waals surface area contributed by atoms with E-state index in [0.717, 1.165) is 40.8 Å². The standard InChI is InChI=1S/C17H14N2OS/c1-10-13(19-9-18-10)8-11-6-7-15-16(17(11)20)12-4-2-3-5-14(12)21-15/h2-5,8-9H,6-7H2,1H3,(H,18,19)/b11-8+. The molecule has 3 nitrogen and oxygen atoms in total. The van der Waals surface area contributed by atoms with Crippen LogP contribution < -0.4 is 0 Å². The summed E-state index contributed by atoms with van der Waals surface area (Å²) in [7, 11) is 0. The van der Waals surface area contributed by atoms with E-state index in [4.69, 9.17) is 0 Å². The molecule has 0 fully saturated rings.